The minimum Gasteiger partial charge on any atom is -0.349 e. The minimum absolute atomic E-state index is 0. The Morgan fingerprint density at radius 3 is 3.00 bits per heavy atom. The fraction of sp³-hybridized carbons (Fsp3) is 0.538. The number of fused-ring (bicyclic) bond motifs is 1. The number of hydrogen-bond donors (Lipinski definition) is 3. The normalized spacial score (nSPS) is 18.9. The molecule has 1 amide bonds. The Hall–Kier alpha value is -1.33. The van der Waals surface area contributed by atoms with E-state index in [1.54, 1.807) is 0 Å². The van der Waals surface area contributed by atoms with Crippen molar-refractivity contribution in [1.82, 2.24) is 10.3 Å². The van der Waals surface area contributed by atoms with Gasteiger partial charge in [-0.3, -0.25) is 9.59 Å². The molecular weight excluding hydrogens is 266 g/mol. The Balaban J connectivity index is 0.00000180. The topological polar surface area (TPSA) is 88.0 Å². The van der Waals surface area contributed by atoms with Crippen LogP contribution in [0.1, 0.15) is 43.5 Å². The zero-order chi connectivity index (χ0) is 13.1. The van der Waals surface area contributed by atoms with Crippen LogP contribution >= 0.6 is 12.4 Å². The molecule has 1 aromatic heterocycles. The van der Waals surface area contributed by atoms with Crippen molar-refractivity contribution in [2.75, 3.05) is 0 Å². The number of nitrogens with two attached hydrogens (primary N) is 1. The molecule has 0 fully saturated rings. The first-order valence-corrected chi connectivity index (χ1v) is 6.33. The standard InChI is InChI=1S/C13H19N3O2.ClH/c1-8(14)7-13(18)16-11-4-2-3-10-9(11)5-6-12(17)15-10;/h5-6,8,11H,2-4,7,14H2,1H3,(H,15,17)(H,16,18);1H. The average Bonchev–Trinajstić information content (AvgIpc) is 2.27. The van der Waals surface area contributed by atoms with E-state index in [0.717, 1.165) is 30.5 Å². The first-order valence-electron chi connectivity index (χ1n) is 6.33. The van der Waals surface area contributed by atoms with Crippen molar-refractivity contribution < 1.29 is 4.79 Å². The molecule has 2 atom stereocenters. The van der Waals surface area contributed by atoms with Gasteiger partial charge in [0.15, 0.2) is 0 Å². The van der Waals surface area contributed by atoms with Crippen molar-refractivity contribution in [3.8, 4) is 0 Å². The maximum absolute atomic E-state index is 11.7. The predicted octanol–water partition coefficient (Wildman–Crippen LogP) is 1.03. The monoisotopic (exact) mass is 285 g/mol. The quantitative estimate of drug-likeness (QED) is 0.775. The summed E-state index contributed by atoms with van der Waals surface area (Å²) in [4.78, 5) is 25.8. The third-order valence-corrected chi connectivity index (χ3v) is 3.17. The average molecular weight is 286 g/mol. The third kappa shape index (κ3) is 4.08. The molecule has 19 heavy (non-hydrogen) atoms. The van der Waals surface area contributed by atoms with Crippen LogP contribution in [-0.4, -0.2) is 16.9 Å². The van der Waals surface area contributed by atoms with E-state index in [2.05, 4.69) is 10.3 Å². The Labute approximate surface area is 118 Å². The van der Waals surface area contributed by atoms with Crippen molar-refractivity contribution in [1.29, 1.82) is 0 Å². The van der Waals surface area contributed by atoms with Crippen LogP contribution in [0.15, 0.2) is 16.9 Å². The lowest BCUT2D eigenvalue weighted by molar-refractivity contribution is -0.122. The van der Waals surface area contributed by atoms with Crippen molar-refractivity contribution in [3.63, 3.8) is 0 Å². The summed E-state index contributed by atoms with van der Waals surface area (Å²) in [5.74, 6) is -0.0333. The van der Waals surface area contributed by atoms with Gasteiger partial charge in [0.2, 0.25) is 11.5 Å². The predicted molar refractivity (Wildman–Crippen MR) is 76.4 cm³/mol. The molecule has 1 aliphatic carbocycles. The van der Waals surface area contributed by atoms with Crippen LogP contribution in [0.3, 0.4) is 0 Å². The smallest absolute Gasteiger partial charge is 0.248 e. The summed E-state index contributed by atoms with van der Waals surface area (Å²) in [5.41, 5.74) is 7.49. The molecule has 0 aromatic carbocycles. The summed E-state index contributed by atoms with van der Waals surface area (Å²) in [5, 5.41) is 2.98. The molecular formula is C13H20ClN3O2. The SMILES string of the molecule is CC(N)CC(=O)NC1CCCc2[nH]c(=O)ccc21.Cl. The molecule has 106 valence electrons. The lowest BCUT2D eigenvalue weighted by atomic mass is 9.91. The molecule has 4 N–H and O–H groups in total. The number of nitrogens with one attached hydrogen (secondary N) is 2. The molecule has 0 saturated carbocycles. The van der Waals surface area contributed by atoms with Gasteiger partial charge in [-0.15, -0.1) is 12.4 Å². The second-order valence-electron chi connectivity index (χ2n) is 4.95. The molecule has 0 radical (unpaired) electrons. The maximum Gasteiger partial charge on any atom is 0.248 e. The highest BCUT2D eigenvalue weighted by atomic mass is 35.5. The zero-order valence-corrected chi connectivity index (χ0v) is 11.8. The number of H-pyrrole nitrogens is 1. The number of aromatic amines is 1. The zero-order valence-electron chi connectivity index (χ0n) is 10.9. The summed E-state index contributed by atoms with van der Waals surface area (Å²) < 4.78 is 0. The third-order valence-electron chi connectivity index (χ3n) is 3.17. The van der Waals surface area contributed by atoms with Crippen LogP contribution < -0.4 is 16.6 Å². The van der Waals surface area contributed by atoms with Crippen LogP contribution in [0.4, 0.5) is 0 Å². The van der Waals surface area contributed by atoms with Gasteiger partial charge in [-0.05, 0) is 37.8 Å². The number of amides is 1. The molecule has 1 heterocycles. The van der Waals surface area contributed by atoms with E-state index in [9.17, 15) is 9.59 Å². The molecule has 2 rings (SSSR count). The number of carbonyl (C=O) groups excluding carboxylic acids is 1. The van der Waals surface area contributed by atoms with Crippen molar-refractivity contribution >= 4 is 18.3 Å². The first kappa shape index (κ1) is 15.7. The molecule has 0 spiro atoms. The van der Waals surface area contributed by atoms with Gasteiger partial charge in [0.25, 0.3) is 0 Å². The molecule has 6 heteroatoms. The van der Waals surface area contributed by atoms with Crippen molar-refractivity contribution in [2.24, 2.45) is 5.73 Å². The lowest BCUT2D eigenvalue weighted by Crippen LogP contribution is -2.35. The van der Waals surface area contributed by atoms with Crippen molar-refractivity contribution in [3.05, 3.63) is 33.7 Å². The Morgan fingerprint density at radius 2 is 2.32 bits per heavy atom. The van der Waals surface area contributed by atoms with Crippen LogP contribution in [0.5, 0.6) is 0 Å². The van der Waals surface area contributed by atoms with Gasteiger partial charge >= 0.3 is 0 Å². The molecule has 2 unspecified atom stereocenters. The van der Waals surface area contributed by atoms with E-state index in [4.69, 9.17) is 5.73 Å². The fourth-order valence-corrected chi connectivity index (χ4v) is 2.40. The van der Waals surface area contributed by atoms with E-state index in [-0.39, 0.29) is 36.0 Å². The number of aromatic nitrogens is 1. The number of aryl methyl sites for hydroxylation is 1. The second kappa shape index (κ2) is 6.73. The van der Waals surface area contributed by atoms with Gasteiger partial charge in [0, 0.05) is 24.2 Å². The summed E-state index contributed by atoms with van der Waals surface area (Å²) in [7, 11) is 0. The highest BCUT2D eigenvalue weighted by molar-refractivity contribution is 5.85. The van der Waals surface area contributed by atoms with Crippen LogP contribution in [0.25, 0.3) is 0 Å². The first-order chi connectivity index (χ1) is 8.56. The van der Waals surface area contributed by atoms with Crippen molar-refractivity contribution in [2.45, 2.75) is 44.7 Å². The molecule has 0 bridgehead atoms. The van der Waals surface area contributed by atoms with E-state index in [0.29, 0.717) is 6.42 Å². The van der Waals surface area contributed by atoms with Gasteiger partial charge in [-0.25, -0.2) is 0 Å². The highest BCUT2D eigenvalue weighted by Gasteiger charge is 2.22. The van der Waals surface area contributed by atoms with E-state index < -0.39 is 0 Å². The summed E-state index contributed by atoms with van der Waals surface area (Å²) in [6.07, 6.45) is 3.07. The Morgan fingerprint density at radius 1 is 1.58 bits per heavy atom. The van der Waals surface area contributed by atoms with Crippen LogP contribution in [-0.2, 0) is 11.2 Å². The van der Waals surface area contributed by atoms with Gasteiger partial charge < -0.3 is 16.0 Å². The molecule has 0 saturated heterocycles. The number of rotatable bonds is 3. The van der Waals surface area contributed by atoms with Gasteiger partial charge in [-0.1, -0.05) is 0 Å². The highest BCUT2D eigenvalue weighted by Crippen LogP contribution is 2.27. The number of carbonyl (C=O) groups is 1. The maximum atomic E-state index is 11.7. The van der Waals surface area contributed by atoms with Gasteiger partial charge in [0.1, 0.15) is 0 Å². The summed E-state index contributed by atoms with van der Waals surface area (Å²) in [6.45, 7) is 1.81. The number of halogens is 1. The van der Waals surface area contributed by atoms with Gasteiger partial charge in [0.05, 0.1) is 6.04 Å². The minimum atomic E-state index is -0.136. The van der Waals surface area contributed by atoms with E-state index in [1.165, 1.54) is 6.07 Å². The second-order valence-corrected chi connectivity index (χ2v) is 4.95. The molecule has 5 nitrogen and oxygen atoms in total. The Kier molecular flexibility index (Phi) is 5.57. The van der Waals surface area contributed by atoms with E-state index >= 15 is 0 Å². The lowest BCUT2D eigenvalue weighted by Gasteiger charge is -2.26. The van der Waals surface area contributed by atoms with Crippen LogP contribution in [0, 0.1) is 0 Å². The van der Waals surface area contributed by atoms with Crippen LogP contribution in [0.2, 0.25) is 0 Å². The largest absolute Gasteiger partial charge is 0.349 e. The van der Waals surface area contributed by atoms with E-state index in [1.807, 2.05) is 13.0 Å². The number of hydrogen-bond acceptors (Lipinski definition) is 3. The fourth-order valence-electron chi connectivity index (χ4n) is 2.40. The van der Waals surface area contributed by atoms with Gasteiger partial charge in [-0.2, -0.15) is 0 Å². The number of pyridine rings is 1. The molecule has 1 aromatic rings. The summed E-state index contributed by atoms with van der Waals surface area (Å²) in [6, 6.07) is 3.18. The molecule has 1 aliphatic rings. The Bertz CT molecular complexity index is 499. The molecule has 0 aliphatic heterocycles. The summed E-state index contributed by atoms with van der Waals surface area (Å²) >= 11 is 0.